The maximum atomic E-state index is 10.4. The Morgan fingerprint density at radius 2 is 1.16 bits per heavy atom. The second-order valence-electron chi connectivity index (χ2n) is 4.98. The topological polar surface area (TPSA) is 84.8 Å². The highest BCUT2D eigenvalue weighted by Gasteiger charge is 2.07. The van der Waals surface area contributed by atoms with Crippen LogP contribution in [0.1, 0.15) is 0 Å². The molecule has 0 amide bonds. The summed E-state index contributed by atoms with van der Waals surface area (Å²) in [7, 11) is 0. The van der Waals surface area contributed by atoms with E-state index >= 15 is 0 Å². The third kappa shape index (κ3) is 8.11. The molecule has 1 aromatic rings. The van der Waals surface area contributed by atoms with Crippen molar-refractivity contribution in [3.05, 3.63) is 18.2 Å². The quantitative estimate of drug-likeness (QED) is 0.558. The molecule has 0 spiro atoms. The van der Waals surface area contributed by atoms with Crippen LogP contribution in [0, 0.1) is 0 Å². The number of benzene rings is 1. The predicted octanol–water partition coefficient (Wildman–Crippen LogP) is 1.49. The zero-order valence-electron chi connectivity index (χ0n) is 14.1. The van der Waals surface area contributed by atoms with Gasteiger partial charge in [0.15, 0.2) is 11.5 Å². The first-order valence-electron chi connectivity index (χ1n) is 8.18. The van der Waals surface area contributed by atoms with E-state index in [0.29, 0.717) is 83.3 Å². The van der Waals surface area contributed by atoms with E-state index in [0.717, 1.165) is 0 Å². The molecular weight excluding hydrogens is 330 g/mol. The number of fused-ring (bicyclic) bond motifs is 1. The highest BCUT2D eigenvalue weighted by molar-refractivity contribution is 5.55. The number of rotatable bonds is 1. The summed E-state index contributed by atoms with van der Waals surface area (Å²) in [5.41, 5.74) is 0.446. The molecule has 0 saturated heterocycles. The second-order valence-corrected chi connectivity index (χ2v) is 4.98. The lowest BCUT2D eigenvalue weighted by atomic mass is 10.3. The minimum absolute atomic E-state index is 0.338. The Kier molecular flexibility index (Phi) is 9.61. The third-order valence-electron chi connectivity index (χ3n) is 3.19. The van der Waals surface area contributed by atoms with Crippen molar-refractivity contribution >= 4 is 11.8 Å². The molecule has 8 heteroatoms. The molecule has 0 bridgehead atoms. The monoisotopic (exact) mass is 353 g/mol. The van der Waals surface area contributed by atoms with Crippen LogP contribution in [0.15, 0.2) is 23.2 Å². The summed E-state index contributed by atoms with van der Waals surface area (Å²) in [5.74, 6) is 1.04. The minimum Gasteiger partial charge on any atom is -0.487 e. The molecular formula is C17H23NO7. The smallest absolute Gasteiger partial charge is 0.240 e. The Labute approximate surface area is 146 Å². The lowest BCUT2D eigenvalue weighted by molar-refractivity contribution is -0.00841. The third-order valence-corrected chi connectivity index (χ3v) is 3.19. The van der Waals surface area contributed by atoms with Gasteiger partial charge in [-0.1, -0.05) is 0 Å². The molecule has 0 unspecified atom stereocenters. The highest BCUT2D eigenvalue weighted by Crippen LogP contribution is 2.31. The number of aliphatic imine (C=N–C) groups is 1. The minimum atomic E-state index is 0.338. The lowest BCUT2D eigenvalue weighted by Crippen LogP contribution is -2.15. The van der Waals surface area contributed by atoms with Crippen LogP contribution in [0.2, 0.25) is 0 Å². The largest absolute Gasteiger partial charge is 0.487 e. The van der Waals surface area contributed by atoms with Gasteiger partial charge in [0.05, 0.1) is 58.5 Å². The molecule has 1 aromatic carbocycles. The summed E-state index contributed by atoms with van der Waals surface area (Å²) < 4.78 is 33.0. The van der Waals surface area contributed by atoms with E-state index in [1.165, 1.54) is 6.08 Å². The van der Waals surface area contributed by atoms with E-state index < -0.39 is 0 Å². The average molecular weight is 353 g/mol. The Morgan fingerprint density at radius 3 is 1.68 bits per heavy atom. The van der Waals surface area contributed by atoms with Gasteiger partial charge in [-0.25, -0.2) is 4.79 Å². The Morgan fingerprint density at radius 1 is 0.680 bits per heavy atom. The van der Waals surface area contributed by atoms with Crippen molar-refractivity contribution in [2.75, 3.05) is 66.1 Å². The number of hydrogen-bond donors (Lipinski definition) is 0. The number of nitrogens with zero attached hydrogens (tertiary/aromatic N) is 1. The summed E-state index contributed by atoms with van der Waals surface area (Å²) in [6, 6.07) is 4.97. The van der Waals surface area contributed by atoms with Crippen LogP contribution in [-0.2, 0) is 23.7 Å². The molecule has 0 radical (unpaired) electrons. The SMILES string of the molecule is O=C=Nc1ccc2c(c1)OCCOCCOCCOCCOCCO2. The molecule has 2 rings (SSSR count). The van der Waals surface area contributed by atoms with Crippen LogP contribution in [-0.4, -0.2) is 72.1 Å². The fraction of sp³-hybridized carbons (Fsp3) is 0.588. The standard InChI is InChI=1S/C17H23NO7/c19-14-18-15-1-2-16-17(13-15)25-12-10-23-8-6-21-4-3-20-5-7-22-9-11-24-16/h1-2,13H,3-12H2. The molecule has 8 nitrogen and oxygen atoms in total. The Hall–Kier alpha value is -1.96. The van der Waals surface area contributed by atoms with Gasteiger partial charge >= 0.3 is 0 Å². The first-order chi connectivity index (χ1) is 12.4. The van der Waals surface area contributed by atoms with Crippen molar-refractivity contribution in [2.45, 2.75) is 0 Å². The van der Waals surface area contributed by atoms with Crippen molar-refractivity contribution in [1.29, 1.82) is 0 Å². The van der Waals surface area contributed by atoms with Crippen molar-refractivity contribution in [2.24, 2.45) is 4.99 Å². The number of hydrogen-bond acceptors (Lipinski definition) is 8. The zero-order valence-corrected chi connectivity index (χ0v) is 14.1. The highest BCUT2D eigenvalue weighted by atomic mass is 16.6. The predicted molar refractivity (Wildman–Crippen MR) is 88.5 cm³/mol. The first-order valence-corrected chi connectivity index (χ1v) is 8.18. The summed E-state index contributed by atoms with van der Waals surface area (Å²) in [6.07, 6.45) is 1.51. The normalized spacial score (nSPS) is 18.4. The van der Waals surface area contributed by atoms with Gasteiger partial charge in [-0.3, -0.25) is 0 Å². The van der Waals surface area contributed by atoms with Crippen LogP contribution in [0.5, 0.6) is 11.5 Å². The van der Waals surface area contributed by atoms with Gasteiger partial charge in [0, 0.05) is 6.07 Å². The van der Waals surface area contributed by atoms with Crippen LogP contribution >= 0.6 is 0 Å². The van der Waals surface area contributed by atoms with Gasteiger partial charge in [0.2, 0.25) is 6.08 Å². The van der Waals surface area contributed by atoms with E-state index in [4.69, 9.17) is 28.4 Å². The summed E-state index contributed by atoms with van der Waals surface area (Å²) in [4.78, 5) is 14.0. The molecule has 138 valence electrons. The van der Waals surface area contributed by atoms with E-state index in [2.05, 4.69) is 4.99 Å². The van der Waals surface area contributed by atoms with Crippen LogP contribution < -0.4 is 9.47 Å². The first kappa shape index (κ1) is 19.4. The van der Waals surface area contributed by atoms with Crippen LogP contribution in [0.25, 0.3) is 0 Å². The Bertz CT molecular complexity index is 546. The lowest BCUT2D eigenvalue weighted by Gasteiger charge is -2.14. The zero-order chi connectivity index (χ0) is 17.6. The summed E-state index contributed by atoms with van der Waals surface area (Å²) >= 11 is 0. The molecule has 0 N–H and O–H groups in total. The number of carbonyl (C=O) groups excluding carboxylic acids is 1. The van der Waals surface area contributed by atoms with Crippen LogP contribution in [0.3, 0.4) is 0 Å². The van der Waals surface area contributed by atoms with Crippen molar-refractivity contribution in [3.63, 3.8) is 0 Å². The average Bonchev–Trinajstić information content (AvgIpc) is 2.62. The summed E-state index contributed by atoms with van der Waals surface area (Å²) in [5, 5.41) is 0. The molecule has 1 aliphatic heterocycles. The van der Waals surface area contributed by atoms with Gasteiger partial charge in [-0.05, 0) is 12.1 Å². The van der Waals surface area contributed by atoms with Gasteiger partial charge in [0.25, 0.3) is 0 Å². The van der Waals surface area contributed by atoms with Crippen molar-refractivity contribution < 1.29 is 33.2 Å². The number of isocyanates is 1. The van der Waals surface area contributed by atoms with E-state index in [9.17, 15) is 4.79 Å². The van der Waals surface area contributed by atoms with Gasteiger partial charge < -0.3 is 28.4 Å². The molecule has 0 aliphatic carbocycles. The fourth-order valence-corrected chi connectivity index (χ4v) is 2.03. The van der Waals surface area contributed by atoms with E-state index in [1.54, 1.807) is 18.2 Å². The van der Waals surface area contributed by atoms with E-state index in [1.807, 2.05) is 0 Å². The molecule has 0 fully saturated rings. The van der Waals surface area contributed by atoms with Crippen molar-refractivity contribution in [1.82, 2.24) is 0 Å². The van der Waals surface area contributed by atoms with E-state index in [-0.39, 0.29) is 0 Å². The maximum Gasteiger partial charge on any atom is 0.240 e. The molecule has 0 saturated carbocycles. The Balaban J connectivity index is 1.93. The molecule has 25 heavy (non-hydrogen) atoms. The molecule has 1 aliphatic rings. The maximum absolute atomic E-state index is 10.4. The van der Waals surface area contributed by atoms with Gasteiger partial charge in [-0.15, -0.1) is 0 Å². The fourth-order valence-electron chi connectivity index (χ4n) is 2.03. The number of ether oxygens (including phenoxy) is 6. The van der Waals surface area contributed by atoms with Gasteiger partial charge in [-0.2, -0.15) is 4.99 Å². The molecule has 1 heterocycles. The van der Waals surface area contributed by atoms with Crippen molar-refractivity contribution in [3.8, 4) is 11.5 Å². The van der Waals surface area contributed by atoms with Crippen LogP contribution in [0.4, 0.5) is 5.69 Å². The van der Waals surface area contributed by atoms with Gasteiger partial charge in [0.1, 0.15) is 13.2 Å². The summed E-state index contributed by atoms with van der Waals surface area (Å²) in [6.45, 7) is 4.56. The molecule has 0 atom stereocenters. The second kappa shape index (κ2) is 12.4. The molecule has 0 aromatic heterocycles.